The maximum Gasteiger partial charge on any atom is 0.266 e. The fraction of sp³-hybridized carbons (Fsp3) is 0.235. The molecule has 1 heterocycles. The maximum atomic E-state index is 12.5. The molecule has 124 valence electrons. The third-order valence-electron chi connectivity index (χ3n) is 3.62. The van der Waals surface area contributed by atoms with Gasteiger partial charge in [0.2, 0.25) is 6.10 Å². The van der Waals surface area contributed by atoms with E-state index in [9.17, 15) is 4.79 Å². The smallest absolute Gasteiger partial charge is 0.266 e. The lowest BCUT2D eigenvalue weighted by Crippen LogP contribution is -2.40. The number of fused-ring (bicyclic) bond motifs is 1. The SMILES string of the molecule is C[C@@H](On1nnc2ccc(Cl)cc21)C(=O)N(C)Cc1ccccc1. The highest BCUT2D eigenvalue weighted by molar-refractivity contribution is 6.31. The van der Waals surface area contributed by atoms with Gasteiger partial charge < -0.3 is 9.74 Å². The van der Waals surface area contributed by atoms with Crippen LogP contribution in [0.3, 0.4) is 0 Å². The predicted molar refractivity (Wildman–Crippen MR) is 91.5 cm³/mol. The van der Waals surface area contributed by atoms with Gasteiger partial charge in [0.25, 0.3) is 5.91 Å². The Balaban J connectivity index is 1.70. The number of benzene rings is 2. The van der Waals surface area contributed by atoms with E-state index in [1.54, 1.807) is 37.1 Å². The topological polar surface area (TPSA) is 60.2 Å². The van der Waals surface area contributed by atoms with Crippen molar-refractivity contribution in [1.29, 1.82) is 0 Å². The van der Waals surface area contributed by atoms with Gasteiger partial charge in [0, 0.05) is 18.6 Å². The molecular weight excluding hydrogens is 328 g/mol. The van der Waals surface area contributed by atoms with E-state index in [4.69, 9.17) is 16.4 Å². The molecule has 0 aliphatic carbocycles. The normalized spacial score (nSPS) is 12.1. The summed E-state index contributed by atoms with van der Waals surface area (Å²) in [5.74, 6) is -0.149. The first kappa shape index (κ1) is 16.3. The molecule has 24 heavy (non-hydrogen) atoms. The van der Waals surface area contributed by atoms with Crippen LogP contribution in [0.15, 0.2) is 48.5 Å². The van der Waals surface area contributed by atoms with Crippen molar-refractivity contribution in [1.82, 2.24) is 20.1 Å². The highest BCUT2D eigenvalue weighted by Crippen LogP contribution is 2.16. The van der Waals surface area contributed by atoms with E-state index < -0.39 is 6.10 Å². The van der Waals surface area contributed by atoms with Crippen LogP contribution >= 0.6 is 11.6 Å². The number of rotatable bonds is 5. The van der Waals surface area contributed by atoms with Gasteiger partial charge in [0.15, 0.2) is 0 Å². The quantitative estimate of drug-likeness (QED) is 0.713. The van der Waals surface area contributed by atoms with Crippen LogP contribution in [0.1, 0.15) is 12.5 Å². The summed E-state index contributed by atoms with van der Waals surface area (Å²) in [7, 11) is 1.74. The molecule has 0 saturated heterocycles. The minimum atomic E-state index is -0.706. The zero-order valence-corrected chi connectivity index (χ0v) is 14.1. The molecule has 2 aromatic carbocycles. The zero-order valence-electron chi connectivity index (χ0n) is 13.4. The molecule has 1 amide bonds. The first-order chi connectivity index (χ1) is 11.5. The second kappa shape index (κ2) is 6.88. The van der Waals surface area contributed by atoms with Gasteiger partial charge in [-0.25, -0.2) is 0 Å². The molecule has 0 unspecified atom stereocenters. The van der Waals surface area contributed by atoms with E-state index in [1.807, 2.05) is 30.3 Å². The number of nitrogens with zero attached hydrogens (tertiary/aromatic N) is 4. The standard InChI is InChI=1S/C17H17ClN4O2/c1-12(17(23)21(2)11-13-6-4-3-5-7-13)24-22-16-10-14(18)8-9-15(16)19-20-22/h3-10,12H,11H2,1-2H3/t12-/m1/s1. The number of amides is 1. The molecule has 0 fully saturated rings. The van der Waals surface area contributed by atoms with Gasteiger partial charge in [-0.1, -0.05) is 46.8 Å². The number of aromatic nitrogens is 3. The van der Waals surface area contributed by atoms with E-state index >= 15 is 0 Å². The lowest BCUT2D eigenvalue weighted by atomic mass is 10.2. The highest BCUT2D eigenvalue weighted by Gasteiger charge is 2.21. The molecule has 0 bridgehead atoms. The van der Waals surface area contributed by atoms with Crippen LogP contribution in [-0.4, -0.2) is 39.1 Å². The number of carbonyl (C=O) groups excluding carboxylic acids is 1. The Morgan fingerprint density at radius 1 is 1.29 bits per heavy atom. The largest absolute Gasteiger partial charge is 0.382 e. The summed E-state index contributed by atoms with van der Waals surface area (Å²) in [4.78, 5) is 21.0. The molecule has 1 atom stereocenters. The summed E-state index contributed by atoms with van der Waals surface area (Å²) in [6.07, 6.45) is -0.706. The first-order valence-electron chi connectivity index (χ1n) is 7.51. The summed E-state index contributed by atoms with van der Waals surface area (Å²) in [5.41, 5.74) is 2.32. The van der Waals surface area contributed by atoms with E-state index in [-0.39, 0.29) is 5.91 Å². The summed E-state index contributed by atoms with van der Waals surface area (Å²) >= 11 is 5.99. The predicted octanol–water partition coefficient (Wildman–Crippen LogP) is 2.56. The van der Waals surface area contributed by atoms with Crippen LogP contribution in [0.2, 0.25) is 5.02 Å². The Bertz CT molecular complexity index is 850. The minimum absolute atomic E-state index is 0.149. The Labute approximate surface area is 144 Å². The number of halogens is 1. The van der Waals surface area contributed by atoms with Crippen molar-refractivity contribution >= 4 is 28.5 Å². The van der Waals surface area contributed by atoms with Crippen LogP contribution in [-0.2, 0) is 11.3 Å². The second-order valence-corrected chi connectivity index (χ2v) is 5.96. The second-order valence-electron chi connectivity index (χ2n) is 5.52. The number of carbonyl (C=O) groups is 1. The van der Waals surface area contributed by atoms with E-state index in [2.05, 4.69) is 10.3 Å². The van der Waals surface area contributed by atoms with Crippen molar-refractivity contribution in [3.8, 4) is 0 Å². The average Bonchev–Trinajstić information content (AvgIpc) is 2.97. The van der Waals surface area contributed by atoms with Gasteiger partial charge in [0.1, 0.15) is 11.0 Å². The summed E-state index contributed by atoms with van der Waals surface area (Å²) in [6, 6.07) is 15.0. The minimum Gasteiger partial charge on any atom is -0.382 e. The lowest BCUT2D eigenvalue weighted by Gasteiger charge is -2.21. The average molecular weight is 345 g/mol. The molecule has 0 spiro atoms. The fourth-order valence-corrected chi connectivity index (χ4v) is 2.56. The Morgan fingerprint density at radius 2 is 2.04 bits per heavy atom. The molecule has 1 aromatic heterocycles. The van der Waals surface area contributed by atoms with Crippen molar-refractivity contribution < 1.29 is 9.63 Å². The van der Waals surface area contributed by atoms with Crippen LogP contribution < -0.4 is 4.84 Å². The van der Waals surface area contributed by atoms with Crippen molar-refractivity contribution in [2.75, 3.05) is 7.05 Å². The van der Waals surface area contributed by atoms with Gasteiger partial charge in [-0.15, -0.1) is 5.10 Å². The van der Waals surface area contributed by atoms with E-state index in [0.717, 1.165) is 5.56 Å². The Kier molecular flexibility index (Phi) is 4.66. The summed E-state index contributed by atoms with van der Waals surface area (Å²) in [5, 5.41) is 8.46. The maximum absolute atomic E-state index is 12.5. The van der Waals surface area contributed by atoms with Crippen molar-refractivity contribution in [3.63, 3.8) is 0 Å². The molecule has 3 rings (SSSR count). The van der Waals surface area contributed by atoms with Crippen LogP contribution in [0, 0.1) is 0 Å². The monoisotopic (exact) mass is 344 g/mol. The van der Waals surface area contributed by atoms with Gasteiger partial charge in [-0.3, -0.25) is 4.79 Å². The van der Waals surface area contributed by atoms with Crippen LogP contribution in [0.25, 0.3) is 11.0 Å². The number of hydrogen-bond acceptors (Lipinski definition) is 4. The van der Waals surface area contributed by atoms with Crippen molar-refractivity contribution in [2.24, 2.45) is 0 Å². The number of likely N-dealkylation sites (N-methyl/N-ethyl adjacent to an activating group) is 1. The third kappa shape index (κ3) is 3.49. The van der Waals surface area contributed by atoms with Gasteiger partial charge in [-0.05, 0) is 35.9 Å². The molecule has 6 nitrogen and oxygen atoms in total. The van der Waals surface area contributed by atoms with Crippen molar-refractivity contribution in [2.45, 2.75) is 19.6 Å². The summed E-state index contributed by atoms with van der Waals surface area (Å²) < 4.78 is 0. The van der Waals surface area contributed by atoms with E-state index in [0.29, 0.717) is 22.6 Å². The Hall–Kier alpha value is -2.60. The lowest BCUT2D eigenvalue weighted by molar-refractivity contribution is -0.142. The number of hydrogen-bond donors (Lipinski definition) is 0. The highest BCUT2D eigenvalue weighted by atomic mass is 35.5. The van der Waals surface area contributed by atoms with E-state index in [1.165, 1.54) is 4.85 Å². The molecule has 0 radical (unpaired) electrons. The zero-order chi connectivity index (χ0) is 17.1. The first-order valence-corrected chi connectivity index (χ1v) is 7.89. The molecule has 3 aromatic rings. The fourth-order valence-electron chi connectivity index (χ4n) is 2.39. The van der Waals surface area contributed by atoms with Gasteiger partial charge in [-0.2, -0.15) is 0 Å². The van der Waals surface area contributed by atoms with Crippen molar-refractivity contribution in [3.05, 3.63) is 59.1 Å². The van der Waals surface area contributed by atoms with Gasteiger partial charge >= 0.3 is 0 Å². The van der Waals surface area contributed by atoms with Gasteiger partial charge in [0.05, 0.1) is 0 Å². The molecule has 0 saturated carbocycles. The van der Waals surface area contributed by atoms with Crippen LogP contribution in [0.4, 0.5) is 0 Å². The molecule has 7 heteroatoms. The summed E-state index contributed by atoms with van der Waals surface area (Å²) in [6.45, 7) is 2.19. The molecular formula is C17H17ClN4O2. The van der Waals surface area contributed by atoms with Crippen LogP contribution in [0.5, 0.6) is 0 Å². The Morgan fingerprint density at radius 3 is 2.79 bits per heavy atom. The molecule has 0 aliphatic rings. The molecule has 0 aliphatic heterocycles. The molecule has 0 N–H and O–H groups in total. The third-order valence-corrected chi connectivity index (χ3v) is 3.86.